The second kappa shape index (κ2) is 11.9. The summed E-state index contributed by atoms with van der Waals surface area (Å²) in [6.45, 7) is 10.1. The Morgan fingerprint density at radius 2 is 1.43 bits per heavy atom. The first-order chi connectivity index (χ1) is 16.7. The van der Waals surface area contributed by atoms with Crippen molar-refractivity contribution in [2.75, 3.05) is 5.32 Å². The van der Waals surface area contributed by atoms with E-state index in [0.29, 0.717) is 16.3 Å². The Morgan fingerprint density at radius 3 is 2.00 bits per heavy atom. The van der Waals surface area contributed by atoms with Crippen LogP contribution in [0.25, 0.3) is 0 Å². The second-order valence-corrected chi connectivity index (χ2v) is 9.47. The smallest absolute Gasteiger partial charge is 0.347 e. The van der Waals surface area contributed by atoms with Gasteiger partial charge in [-0.25, -0.2) is 4.79 Å². The number of esters is 1. The Balaban J connectivity index is 1.63. The van der Waals surface area contributed by atoms with Crippen LogP contribution in [0.1, 0.15) is 73.5 Å². The maximum absolute atomic E-state index is 13.0. The number of benzene rings is 3. The van der Waals surface area contributed by atoms with Gasteiger partial charge in [-0.3, -0.25) is 4.79 Å². The van der Waals surface area contributed by atoms with E-state index < -0.39 is 12.1 Å². The van der Waals surface area contributed by atoms with Crippen LogP contribution >= 0.6 is 11.6 Å². The highest BCUT2D eigenvalue weighted by molar-refractivity contribution is 6.31. The maximum Gasteiger partial charge on any atom is 0.347 e. The Morgan fingerprint density at radius 1 is 0.829 bits per heavy atom. The fourth-order valence-electron chi connectivity index (χ4n) is 3.70. The van der Waals surface area contributed by atoms with Gasteiger partial charge in [0.05, 0.1) is 0 Å². The lowest BCUT2D eigenvalue weighted by Gasteiger charge is -2.20. The highest BCUT2D eigenvalue weighted by Crippen LogP contribution is 2.32. The monoisotopic (exact) mass is 493 g/mol. The lowest BCUT2D eigenvalue weighted by atomic mass is 9.92. The molecule has 1 unspecified atom stereocenters. The minimum absolute atomic E-state index is 0.0710. The average molecular weight is 494 g/mol. The normalized spacial score (nSPS) is 11.9. The molecule has 0 spiro atoms. The van der Waals surface area contributed by atoms with E-state index in [1.54, 1.807) is 43.3 Å². The van der Waals surface area contributed by atoms with Crippen LogP contribution in [0.3, 0.4) is 0 Å². The number of ether oxygens (including phenoxy) is 2. The van der Waals surface area contributed by atoms with Crippen LogP contribution in [0.4, 0.5) is 5.69 Å². The van der Waals surface area contributed by atoms with Crippen LogP contribution in [0.2, 0.25) is 5.02 Å². The Labute approximate surface area is 212 Å². The van der Waals surface area contributed by atoms with Crippen molar-refractivity contribution < 1.29 is 19.1 Å². The zero-order valence-corrected chi connectivity index (χ0v) is 21.6. The first kappa shape index (κ1) is 26.3. The summed E-state index contributed by atoms with van der Waals surface area (Å²) in [6, 6.07) is 20.0. The molecule has 1 N–H and O–H groups in total. The maximum atomic E-state index is 13.0. The highest BCUT2D eigenvalue weighted by atomic mass is 35.5. The molecule has 3 aromatic rings. The number of amides is 1. The molecule has 0 saturated heterocycles. The number of carbonyl (C=O) groups is 2. The lowest BCUT2D eigenvalue weighted by molar-refractivity contribution is -0.152. The van der Waals surface area contributed by atoms with E-state index in [-0.39, 0.29) is 24.3 Å². The molecule has 0 saturated carbocycles. The zero-order valence-electron chi connectivity index (χ0n) is 20.8. The molecule has 6 heteroatoms. The molecular weight excluding hydrogens is 462 g/mol. The van der Waals surface area contributed by atoms with Crippen molar-refractivity contribution in [3.05, 3.63) is 94.0 Å². The van der Waals surface area contributed by atoms with Gasteiger partial charge >= 0.3 is 5.97 Å². The Kier molecular flexibility index (Phi) is 8.94. The molecular formula is C29H32ClNO4. The molecule has 3 rings (SSSR count). The molecule has 0 fully saturated rings. The van der Waals surface area contributed by atoms with Gasteiger partial charge in [-0.05, 0) is 60.2 Å². The summed E-state index contributed by atoms with van der Waals surface area (Å²) in [5.74, 6) is 0.323. The fraction of sp³-hybridized carbons (Fsp3) is 0.310. The number of carbonyl (C=O) groups excluding carboxylic acids is 2. The van der Waals surface area contributed by atoms with Crippen molar-refractivity contribution in [2.45, 2.75) is 59.2 Å². The van der Waals surface area contributed by atoms with Crippen molar-refractivity contribution in [2.24, 2.45) is 0 Å². The van der Waals surface area contributed by atoms with E-state index in [4.69, 9.17) is 21.1 Å². The summed E-state index contributed by atoms with van der Waals surface area (Å²) in [7, 11) is 0. The molecule has 0 aromatic heterocycles. The number of rotatable bonds is 9. The quantitative estimate of drug-likeness (QED) is 0.316. The van der Waals surface area contributed by atoms with Gasteiger partial charge in [0.2, 0.25) is 0 Å². The molecule has 0 bridgehead atoms. The molecule has 3 aromatic carbocycles. The number of anilines is 1. The summed E-state index contributed by atoms with van der Waals surface area (Å²) in [4.78, 5) is 25.3. The van der Waals surface area contributed by atoms with E-state index in [9.17, 15) is 9.59 Å². The molecule has 1 atom stereocenters. The second-order valence-electron chi connectivity index (χ2n) is 9.06. The number of hydrogen-bond donors (Lipinski definition) is 1. The molecule has 0 aliphatic heterocycles. The number of halogens is 1. The number of para-hydroxylation sites is 1. The van der Waals surface area contributed by atoms with Crippen molar-refractivity contribution >= 4 is 29.2 Å². The zero-order chi connectivity index (χ0) is 25.5. The number of hydrogen-bond acceptors (Lipinski definition) is 4. The summed E-state index contributed by atoms with van der Waals surface area (Å²) >= 11 is 6.10. The fourth-order valence-corrected chi connectivity index (χ4v) is 3.89. The van der Waals surface area contributed by atoms with Gasteiger partial charge in [-0.2, -0.15) is 0 Å². The first-order valence-corrected chi connectivity index (χ1v) is 12.2. The van der Waals surface area contributed by atoms with E-state index >= 15 is 0 Å². The van der Waals surface area contributed by atoms with Gasteiger partial charge < -0.3 is 14.8 Å². The van der Waals surface area contributed by atoms with Crippen LogP contribution in [-0.2, 0) is 16.1 Å². The van der Waals surface area contributed by atoms with Crippen molar-refractivity contribution in [1.82, 2.24) is 0 Å². The molecule has 1 amide bonds. The number of nitrogens with one attached hydrogen (secondary N) is 1. The van der Waals surface area contributed by atoms with Gasteiger partial charge in [0.25, 0.3) is 5.91 Å². The molecule has 0 aliphatic carbocycles. The summed E-state index contributed by atoms with van der Waals surface area (Å²) in [6.07, 6.45) is -0.816. The summed E-state index contributed by atoms with van der Waals surface area (Å²) in [5.41, 5.74) is 4.31. The summed E-state index contributed by atoms with van der Waals surface area (Å²) in [5, 5.41) is 3.65. The molecule has 0 radical (unpaired) electrons. The summed E-state index contributed by atoms with van der Waals surface area (Å²) < 4.78 is 11.0. The topological polar surface area (TPSA) is 64.6 Å². The van der Waals surface area contributed by atoms with E-state index in [1.165, 1.54) is 0 Å². The molecule has 5 nitrogen and oxygen atoms in total. The van der Waals surface area contributed by atoms with Crippen molar-refractivity contribution in [3.8, 4) is 5.75 Å². The van der Waals surface area contributed by atoms with Crippen LogP contribution in [0, 0.1) is 0 Å². The van der Waals surface area contributed by atoms with Crippen LogP contribution in [0.15, 0.2) is 66.7 Å². The van der Waals surface area contributed by atoms with E-state index in [2.05, 4.69) is 45.1 Å². The van der Waals surface area contributed by atoms with Crippen LogP contribution in [-0.4, -0.2) is 18.0 Å². The Bertz CT molecular complexity index is 1150. The third-order valence-electron chi connectivity index (χ3n) is 5.70. The van der Waals surface area contributed by atoms with Gasteiger partial charge in [0.15, 0.2) is 6.10 Å². The van der Waals surface area contributed by atoms with Crippen LogP contribution in [0.5, 0.6) is 5.75 Å². The largest absolute Gasteiger partial charge is 0.479 e. The standard InChI is InChI=1S/C29H32ClNO4/c1-18(2)24-10-8-11-25(19(3)4)27(24)31-28(32)21-13-15-23(16-14-21)35-20(5)29(33)34-17-22-9-6-7-12-26(22)30/h6-16,18-20H,17H2,1-5H3,(H,31,32). The highest BCUT2D eigenvalue weighted by Gasteiger charge is 2.19. The lowest BCUT2D eigenvalue weighted by Crippen LogP contribution is -2.26. The minimum Gasteiger partial charge on any atom is -0.479 e. The van der Waals surface area contributed by atoms with Crippen LogP contribution < -0.4 is 10.1 Å². The molecule has 0 heterocycles. The molecule has 184 valence electrons. The van der Waals surface area contributed by atoms with Gasteiger partial charge in [0.1, 0.15) is 12.4 Å². The average Bonchev–Trinajstić information content (AvgIpc) is 2.83. The van der Waals surface area contributed by atoms with Crippen molar-refractivity contribution in [3.63, 3.8) is 0 Å². The Hall–Kier alpha value is -3.31. The molecule has 0 aliphatic rings. The van der Waals surface area contributed by atoms with Gasteiger partial charge in [0, 0.05) is 21.8 Å². The third-order valence-corrected chi connectivity index (χ3v) is 6.07. The van der Waals surface area contributed by atoms with Gasteiger partial charge in [-0.1, -0.05) is 75.7 Å². The van der Waals surface area contributed by atoms with Gasteiger partial charge in [-0.15, -0.1) is 0 Å². The SMILES string of the molecule is CC(Oc1ccc(C(=O)Nc2c(C(C)C)cccc2C(C)C)cc1)C(=O)OCc1ccccc1Cl. The minimum atomic E-state index is -0.816. The molecule has 35 heavy (non-hydrogen) atoms. The van der Waals surface area contributed by atoms with E-state index in [1.807, 2.05) is 18.2 Å². The third kappa shape index (κ3) is 6.86. The van der Waals surface area contributed by atoms with Crippen molar-refractivity contribution in [1.29, 1.82) is 0 Å². The predicted octanol–water partition coefficient (Wildman–Crippen LogP) is 7.35. The van der Waals surface area contributed by atoms with E-state index in [0.717, 1.165) is 22.4 Å². The first-order valence-electron chi connectivity index (χ1n) is 11.8. The predicted molar refractivity (Wildman–Crippen MR) is 140 cm³/mol.